The van der Waals surface area contributed by atoms with Gasteiger partial charge in [0.05, 0.1) is 16.8 Å². The predicted octanol–water partition coefficient (Wildman–Crippen LogP) is 6.84. The Balaban J connectivity index is 1.97. The number of hydrogen-bond acceptors (Lipinski definition) is 4. The third kappa shape index (κ3) is 5.81. The molecule has 1 aromatic heterocycles. The van der Waals surface area contributed by atoms with Crippen molar-refractivity contribution < 1.29 is 22.4 Å². The summed E-state index contributed by atoms with van der Waals surface area (Å²) in [7, 11) is 0. The minimum Gasteiger partial charge on any atom is -0.453 e. The van der Waals surface area contributed by atoms with Gasteiger partial charge in [-0.05, 0) is 31.0 Å². The molecule has 182 valence electrons. The zero-order valence-corrected chi connectivity index (χ0v) is 20.7. The number of hydrogen-bond donors (Lipinski definition) is 2. The van der Waals surface area contributed by atoms with Crippen LogP contribution in [0.3, 0.4) is 0 Å². The van der Waals surface area contributed by atoms with E-state index in [2.05, 4.69) is 26.6 Å². The third-order valence-electron chi connectivity index (χ3n) is 5.20. The number of fused-ring (bicyclic) bond motifs is 1. The highest BCUT2D eigenvalue weighted by atomic mass is 79.9. The van der Waals surface area contributed by atoms with Gasteiger partial charge in [-0.3, -0.25) is 9.59 Å². The molecule has 0 atom stereocenters. The van der Waals surface area contributed by atoms with Gasteiger partial charge >= 0.3 is 0 Å². The lowest BCUT2D eigenvalue weighted by Gasteiger charge is -2.18. The Kier molecular flexibility index (Phi) is 8.07. The van der Waals surface area contributed by atoms with Gasteiger partial charge in [-0.2, -0.15) is 0 Å². The maximum absolute atomic E-state index is 14.7. The first-order chi connectivity index (χ1) is 16.0. The average molecular weight is 539 g/mol. The molecular formula is C25H26BrF3N2O3. The van der Waals surface area contributed by atoms with Gasteiger partial charge in [0, 0.05) is 35.0 Å². The molecule has 5 nitrogen and oxygen atoms in total. The van der Waals surface area contributed by atoms with Crippen molar-refractivity contribution in [3.63, 3.8) is 0 Å². The Hall–Kier alpha value is -2.81. The maximum Gasteiger partial charge on any atom is 0.229 e. The highest BCUT2D eigenvalue weighted by molar-refractivity contribution is 9.09. The number of unbranched alkanes of at least 4 members (excludes halogenated alkanes) is 2. The topological polar surface area (TPSA) is 71.3 Å². The lowest BCUT2D eigenvalue weighted by Crippen LogP contribution is -2.28. The number of rotatable bonds is 8. The lowest BCUT2D eigenvalue weighted by molar-refractivity contribution is -0.123. The van der Waals surface area contributed by atoms with Crippen LogP contribution in [0, 0.1) is 22.9 Å². The molecule has 1 amide bonds. The van der Waals surface area contributed by atoms with E-state index in [1.165, 1.54) is 12.1 Å². The fourth-order valence-electron chi connectivity index (χ4n) is 3.27. The molecule has 1 heterocycles. The van der Waals surface area contributed by atoms with Gasteiger partial charge in [0.1, 0.15) is 17.4 Å². The van der Waals surface area contributed by atoms with Gasteiger partial charge in [-0.15, -0.1) is 0 Å². The number of benzene rings is 2. The lowest BCUT2D eigenvalue weighted by atomic mass is 9.95. The summed E-state index contributed by atoms with van der Waals surface area (Å²) in [6.07, 6.45) is 2.59. The quantitative estimate of drug-likeness (QED) is 0.243. The predicted molar refractivity (Wildman–Crippen MR) is 132 cm³/mol. The molecule has 0 radical (unpaired) electrons. The first kappa shape index (κ1) is 25.8. The van der Waals surface area contributed by atoms with E-state index in [9.17, 15) is 22.8 Å². The highest BCUT2D eigenvalue weighted by Gasteiger charge is 2.23. The van der Waals surface area contributed by atoms with Crippen molar-refractivity contribution >= 4 is 44.2 Å². The highest BCUT2D eigenvalue weighted by Crippen LogP contribution is 2.31. The van der Waals surface area contributed by atoms with Gasteiger partial charge in [0.15, 0.2) is 16.8 Å². The molecule has 0 aliphatic carbocycles. The number of carbonyl (C=O) groups excluding carboxylic acids is 1. The molecule has 2 aromatic carbocycles. The molecule has 34 heavy (non-hydrogen) atoms. The summed E-state index contributed by atoms with van der Waals surface area (Å²) in [6, 6.07) is 5.57. The number of alkyl halides is 1. The number of halogens is 4. The summed E-state index contributed by atoms with van der Waals surface area (Å²) >= 11 is 3.34. The van der Waals surface area contributed by atoms with Crippen LogP contribution >= 0.6 is 15.9 Å². The van der Waals surface area contributed by atoms with Gasteiger partial charge in [0.2, 0.25) is 5.91 Å². The van der Waals surface area contributed by atoms with Crippen molar-refractivity contribution in [2.24, 2.45) is 5.41 Å². The van der Waals surface area contributed by atoms with Crippen LogP contribution in [0.1, 0.15) is 40.0 Å². The van der Waals surface area contributed by atoms with Crippen LogP contribution in [-0.2, 0) is 4.79 Å². The van der Waals surface area contributed by atoms with Crippen LogP contribution in [0.15, 0.2) is 39.5 Å². The van der Waals surface area contributed by atoms with Gasteiger partial charge in [0.25, 0.3) is 0 Å². The van der Waals surface area contributed by atoms with Crippen molar-refractivity contribution in [1.82, 2.24) is 0 Å². The summed E-state index contributed by atoms with van der Waals surface area (Å²) in [4.78, 5) is 25.0. The van der Waals surface area contributed by atoms with Gasteiger partial charge in [-0.25, -0.2) is 13.2 Å². The molecule has 0 aliphatic rings. The largest absolute Gasteiger partial charge is 0.453 e. The second-order valence-corrected chi connectivity index (χ2v) is 9.76. The first-order valence-electron chi connectivity index (χ1n) is 10.9. The van der Waals surface area contributed by atoms with Gasteiger partial charge in [-0.1, -0.05) is 43.1 Å². The molecule has 0 saturated carbocycles. The van der Waals surface area contributed by atoms with Crippen LogP contribution in [0.4, 0.5) is 24.5 Å². The van der Waals surface area contributed by atoms with Crippen LogP contribution in [-0.4, -0.2) is 17.8 Å². The van der Waals surface area contributed by atoms with E-state index < -0.39 is 33.9 Å². The molecule has 3 aromatic rings. The SMILES string of the molecule is CC(C)(C)C(=O)Nc1ccc(-c2cc(=O)c3c(NCCCCCBr)c(F)cc(F)c3o2)cc1F. The molecule has 0 fully saturated rings. The molecule has 0 spiro atoms. The zero-order chi connectivity index (χ0) is 25.0. The van der Waals surface area contributed by atoms with Crippen LogP contribution in [0.25, 0.3) is 22.3 Å². The first-order valence-corrected chi connectivity index (χ1v) is 12.0. The average Bonchev–Trinajstić information content (AvgIpc) is 2.76. The van der Waals surface area contributed by atoms with E-state index in [1.807, 2.05) is 0 Å². The van der Waals surface area contributed by atoms with Crippen LogP contribution in [0.2, 0.25) is 0 Å². The van der Waals surface area contributed by atoms with Crippen molar-refractivity contribution in [1.29, 1.82) is 0 Å². The summed E-state index contributed by atoms with van der Waals surface area (Å²) in [5, 5.41) is 6.00. The smallest absolute Gasteiger partial charge is 0.229 e. The second-order valence-electron chi connectivity index (χ2n) is 8.97. The molecule has 0 unspecified atom stereocenters. The molecule has 0 saturated heterocycles. The monoisotopic (exact) mass is 538 g/mol. The Bertz CT molecular complexity index is 1270. The van der Waals surface area contributed by atoms with Gasteiger partial charge < -0.3 is 15.1 Å². The molecule has 2 N–H and O–H groups in total. The van der Waals surface area contributed by atoms with Crippen molar-refractivity contribution in [2.45, 2.75) is 40.0 Å². The Labute approximate surface area is 203 Å². The van der Waals surface area contributed by atoms with Crippen molar-refractivity contribution in [3.05, 3.63) is 58.0 Å². The molecule has 0 bridgehead atoms. The Morgan fingerprint density at radius 3 is 2.38 bits per heavy atom. The Morgan fingerprint density at radius 1 is 1.00 bits per heavy atom. The number of anilines is 2. The fraction of sp³-hybridized carbons (Fsp3) is 0.360. The standard InChI is InChI=1S/C25H26BrF3N2O3/c1-25(2,3)24(33)31-18-8-7-14(11-15(18)27)20-13-19(32)21-22(30-10-6-4-5-9-26)16(28)12-17(29)23(21)34-20/h7-8,11-13,30H,4-6,9-10H2,1-3H3,(H,31,33). The minimum atomic E-state index is -1.04. The number of carbonyl (C=O) groups is 1. The fourth-order valence-corrected chi connectivity index (χ4v) is 3.67. The molecule has 0 aliphatic heterocycles. The number of amides is 1. The molecule has 9 heteroatoms. The number of nitrogens with one attached hydrogen (secondary N) is 2. The third-order valence-corrected chi connectivity index (χ3v) is 5.76. The second kappa shape index (κ2) is 10.6. The van der Waals surface area contributed by atoms with Crippen LogP contribution < -0.4 is 16.1 Å². The summed E-state index contributed by atoms with van der Waals surface area (Å²) < 4.78 is 49.3. The summed E-state index contributed by atoms with van der Waals surface area (Å²) in [5.74, 6) is -3.13. The van der Waals surface area contributed by atoms with E-state index >= 15 is 0 Å². The van der Waals surface area contributed by atoms with Crippen LogP contribution in [0.5, 0.6) is 0 Å². The zero-order valence-electron chi connectivity index (χ0n) is 19.2. The van der Waals surface area contributed by atoms with Crippen molar-refractivity contribution in [3.8, 4) is 11.3 Å². The molecule has 3 rings (SSSR count). The molecular weight excluding hydrogens is 513 g/mol. The van der Waals surface area contributed by atoms with E-state index in [4.69, 9.17) is 4.42 Å². The van der Waals surface area contributed by atoms with E-state index in [0.29, 0.717) is 12.6 Å². The van der Waals surface area contributed by atoms with E-state index in [0.717, 1.165) is 36.7 Å². The van der Waals surface area contributed by atoms with Crippen molar-refractivity contribution in [2.75, 3.05) is 22.5 Å². The maximum atomic E-state index is 14.7. The van der Waals surface area contributed by atoms with E-state index in [1.54, 1.807) is 20.8 Å². The normalized spacial score (nSPS) is 11.6. The van der Waals surface area contributed by atoms with E-state index in [-0.39, 0.29) is 34.0 Å². The summed E-state index contributed by atoms with van der Waals surface area (Å²) in [6.45, 7) is 5.49. The Morgan fingerprint density at radius 2 is 1.74 bits per heavy atom. The minimum absolute atomic E-state index is 0.0357. The summed E-state index contributed by atoms with van der Waals surface area (Å²) in [5.41, 5.74) is -1.80.